The van der Waals surface area contributed by atoms with Gasteiger partial charge in [0.25, 0.3) is 0 Å². The van der Waals surface area contributed by atoms with E-state index >= 15 is 0 Å². The lowest BCUT2D eigenvalue weighted by Gasteiger charge is -2.22. The number of anilines is 1. The molecule has 0 saturated carbocycles. The van der Waals surface area contributed by atoms with Gasteiger partial charge in [0.15, 0.2) is 0 Å². The van der Waals surface area contributed by atoms with Gasteiger partial charge in [0.2, 0.25) is 0 Å². The Hall–Kier alpha value is -0.830. The molecule has 15 heavy (non-hydrogen) atoms. The molecule has 1 aromatic rings. The second-order valence-corrected chi connectivity index (χ2v) is 5.11. The van der Waals surface area contributed by atoms with E-state index in [0.717, 1.165) is 24.5 Å². The number of aromatic nitrogens is 2. The fourth-order valence-corrected chi connectivity index (χ4v) is 2.21. The van der Waals surface area contributed by atoms with Crippen molar-refractivity contribution in [1.82, 2.24) is 9.97 Å². The molecule has 4 heteroatoms. The monoisotopic (exact) mass is 225 g/mol. The third-order valence-electron chi connectivity index (χ3n) is 2.89. The summed E-state index contributed by atoms with van der Waals surface area (Å²) in [4.78, 5) is 10.6. The maximum Gasteiger partial charge on any atom is 0.136 e. The zero-order valence-electron chi connectivity index (χ0n) is 9.20. The maximum atomic E-state index is 5.87. The summed E-state index contributed by atoms with van der Waals surface area (Å²) in [6, 6.07) is 0. The minimum atomic E-state index is 0.383. The van der Waals surface area contributed by atoms with Crippen LogP contribution in [0.3, 0.4) is 0 Å². The van der Waals surface area contributed by atoms with Crippen LogP contribution in [-0.2, 0) is 5.88 Å². The molecule has 0 amide bonds. The van der Waals surface area contributed by atoms with Crippen LogP contribution in [-0.4, -0.2) is 23.1 Å². The van der Waals surface area contributed by atoms with Crippen molar-refractivity contribution in [3.05, 3.63) is 18.1 Å². The maximum absolute atomic E-state index is 5.87. The predicted octanol–water partition coefficient (Wildman–Crippen LogP) is 2.45. The Labute approximate surface area is 95.5 Å². The van der Waals surface area contributed by atoms with Gasteiger partial charge in [-0.15, -0.1) is 11.6 Å². The Bertz CT molecular complexity index is 351. The van der Waals surface area contributed by atoms with Crippen LogP contribution in [0.25, 0.3) is 0 Å². The van der Waals surface area contributed by atoms with Crippen LogP contribution < -0.4 is 4.90 Å². The number of hydrogen-bond acceptors (Lipinski definition) is 3. The van der Waals surface area contributed by atoms with E-state index in [4.69, 9.17) is 11.6 Å². The molecular weight excluding hydrogens is 210 g/mol. The minimum Gasteiger partial charge on any atom is -0.356 e. The lowest BCUT2D eigenvalue weighted by molar-refractivity contribution is 0.418. The van der Waals surface area contributed by atoms with E-state index in [-0.39, 0.29) is 0 Å². The molecular formula is C11H16ClN3. The average molecular weight is 226 g/mol. The molecule has 0 N–H and O–H groups in total. The van der Waals surface area contributed by atoms with Gasteiger partial charge in [-0.05, 0) is 11.8 Å². The minimum absolute atomic E-state index is 0.383. The van der Waals surface area contributed by atoms with E-state index in [1.807, 2.05) is 0 Å². The van der Waals surface area contributed by atoms with Crippen LogP contribution in [0, 0.1) is 5.41 Å². The first-order chi connectivity index (χ1) is 7.12. The Morgan fingerprint density at radius 3 is 2.93 bits per heavy atom. The van der Waals surface area contributed by atoms with Crippen LogP contribution in [0.4, 0.5) is 5.82 Å². The van der Waals surface area contributed by atoms with Crippen LogP contribution in [0.5, 0.6) is 0 Å². The van der Waals surface area contributed by atoms with Crippen molar-refractivity contribution >= 4 is 17.4 Å². The molecule has 2 rings (SSSR count). The lowest BCUT2D eigenvalue weighted by atomic mass is 9.93. The van der Waals surface area contributed by atoms with Gasteiger partial charge in [0, 0.05) is 24.8 Å². The first kappa shape index (κ1) is 10.7. The van der Waals surface area contributed by atoms with Crippen LogP contribution in [0.1, 0.15) is 25.8 Å². The Kier molecular flexibility index (Phi) is 2.83. The highest BCUT2D eigenvalue weighted by Gasteiger charge is 2.30. The van der Waals surface area contributed by atoms with Gasteiger partial charge >= 0.3 is 0 Å². The van der Waals surface area contributed by atoms with Gasteiger partial charge < -0.3 is 4.90 Å². The second kappa shape index (κ2) is 3.97. The SMILES string of the molecule is CC1(C)CCN(c2ncncc2CCl)C1. The smallest absolute Gasteiger partial charge is 0.136 e. The van der Waals surface area contributed by atoms with Gasteiger partial charge in [-0.1, -0.05) is 13.8 Å². The highest BCUT2D eigenvalue weighted by atomic mass is 35.5. The molecule has 1 fully saturated rings. The van der Waals surface area contributed by atoms with Crippen molar-refractivity contribution in [2.45, 2.75) is 26.1 Å². The quantitative estimate of drug-likeness (QED) is 0.724. The summed E-state index contributed by atoms with van der Waals surface area (Å²) >= 11 is 5.87. The average Bonchev–Trinajstić information content (AvgIpc) is 2.59. The molecule has 0 radical (unpaired) electrons. The number of halogens is 1. The van der Waals surface area contributed by atoms with Crippen LogP contribution >= 0.6 is 11.6 Å². The van der Waals surface area contributed by atoms with Gasteiger partial charge in [0.1, 0.15) is 12.1 Å². The summed E-state index contributed by atoms with van der Waals surface area (Å²) in [7, 11) is 0. The number of hydrogen-bond donors (Lipinski definition) is 0. The molecule has 1 aliphatic rings. The topological polar surface area (TPSA) is 29.0 Å². The standard InChI is InChI=1S/C11H16ClN3/c1-11(2)3-4-15(7-11)10-9(5-12)6-13-8-14-10/h6,8H,3-5,7H2,1-2H3. The zero-order valence-corrected chi connectivity index (χ0v) is 9.96. The van der Waals surface area contributed by atoms with E-state index in [2.05, 4.69) is 28.7 Å². The molecule has 1 aliphatic heterocycles. The first-order valence-electron chi connectivity index (χ1n) is 5.22. The van der Waals surface area contributed by atoms with E-state index in [1.54, 1.807) is 12.5 Å². The molecule has 0 unspecified atom stereocenters. The molecule has 0 atom stereocenters. The van der Waals surface area contributed by atoms with E-state index in [0.29, 0.717) is 11.3 Å². The van der Waals surface area contributed by atoms with Gasteiger partial charge in [-0.25, -0.2) is 9.97 Å². The zero-order chi connectivity index (χ0) is 10.9. The Balaban J connectivity index is 2.23. The second-order valence-electron chi connectivity index (χ2n) is 4.84. The fraction of sp³-hybridized carbons (Fsp3) is 0.636. The largest absolute Gasteiger partial charge is 0.356 e. The summed E-state index contributed by atoms with van der Waals surface area (Å²) in [5.74, 6) is 1.48. The molecule has 1 aromatic heterocycles. The first-order valence-corrected chi connectivity index (χ1v) is 5.76. The molecule has 0 spiro atoms. The summed E-state index contributed by atoms with van der Waals surface area (Å²) < 4.78 is 0. The summed E-state index contributed by atoms with van der Waals surface area (Å²) in [6.07, 6.45) is 4.61. The normalized spacial score (nSPS) is 19.5. The highest BCUT2D eigenvalue weighted by molar-refractivity contribution is 6.17. The molecule has 0 aliphatic carbocycles. The Morgan fingerprint density at radius 1 is 1.53 bits per heavy atom. The van der Waals surface area contributed by atoms with Crippen LogP contribution in [0.15, 0.2) is 12.5 Å². The lowest BCUT2D eigenvalue weighted by Crippen LogP contribution is -2.24. The third kappa shape index (κ3) is 2.23. The molecule has 2 heterocycles. The molecule has 82 valence electrons. The Morgan fingerprint density at radius 2 is 2.33 bits per heavy atom. The van der Waals surface area contributed by atoms with Gasteiger partial charge in [-0.2, -0.15) is 0 Å². The third-order valence-corrected chi connectivity index (χ3v) is 3.17. The summed E-state index contributed by atoms with van der Waals surface area (Å²) in [6.45, 7) is 6.69. The molecule has 0 aromatic carbocycles. The number of rotatable bonds is 2. The molecule has 1 saturated heterocycles. The van der Waals surface area contributed by atoms with Crippen molar-refractivity contribution in [1.29, 1.82) is 0 Å². The fourth-order valence-electron chi connectivity index (χ4n) is 2.02. The van der Waals surface area contributed by atoms with Crippen molar-refractivity contribution in [2.24, 2.45) is 5.41 Å². The van der Waals surface area contributed by atoms with Gasteiger partial charge in [-0.3, -0.25) is 0 Å². The van der Waals surface area contributed by atoms with Crippen LogP contribution in [0.2, 0.25) is 0 Å². The summed E-state index contributed by atoms with van der Waals surface area (Å²) in [5.41, 5.74) is 1.41. The van der Waals surface area contributed by atoms with Crippen molar-refractivity contribution in [3.8, 4) is 0 Å². The van der Waals surface area contributed by atoms with Crippen molar-refractivity contribution in [3.63, 3.8) is 0 Å². The van der Waals surface area contributed by atoms with E-state index in [1.165, 1.54) is 6.42 Å². The highest BCUT2D eigenvalue weighted by Crippen LogP contribution is 2.32. The summed E-state index contributed by atoms with van der Waals surface area (Å²) in [5, 5.41) is 0. The molecule has 3 nitrogen and oxygen atoms in total. The van der Waals surface area contributed by atoms with E-state index in [9.17, 15) is 0 Å². The number of alkyl halides is 1. The van der Waals surface area contributed by atoms with Crippen molar-refractivity contribution in [2.75, 3.05) is 18.0 Å². The number of nitrogens with zero attached hydrogens (tertiary/aromatic N) is 3. The predicted molar refractivity (Wildman–Crippen MR) is 62.2 cm³/mol. The van der Waals surface area contributed by atoms with Crippen molar-refractivity contribution < 1.29 is 0 Å². The van der Waals surface area contributed by atoms with E-state index < -0.39 is 0 Å². The molecule has 0 bridgehead atoms. The van der Waals surface area contributed by atoms with Gasteiger partial charge in [0.05, 0.1) is 5.88 Å².